The molecule has 25 heavy (non-hydrogen) atoms. The summed E-state index contributed by atoms with van der Waals surface area (Å²) in [4.78, 5) is 20.3. The molecule has 0 fully saturated rings. The maximum absolute atomic E-state index is 11.7. The van der Waals surface area contributed by atoms with Crippen molar-refractivity contribution < 1.29 is 4.79 Å². The molecule has 7 nitrogen and oxygen atoms in total. The summed E-state index contributed by atoms with van der Waals surface area (Å²) in [5, 5.41) is 3.13. The second-order valence-electron chi connectivity index (χ2n) is 6.20. The number of carbonyl (C=O) groups excluding carboxylic acids is 1. The molecule has 7 N–H and O–H groups in total. The molecular weight excluding hydrogens is 316 g/mol. The van der Waals surface area contributed by atoms with E-state index in [1.807, 2.05) is 38.1 Å². The van der Waals surface area contributed by atoms with Crippen LogP contribution in [0.25, 0.3) is 0 Å². The second-order valence-corrected chi connectivity index (χ2v) is 6.20. The van der Waals surface area contributed by atoms with Crippen LogP contribution in [0.5, 0.6) is 0 Å². The van der Waals surface area contributed by atoms with Crippen LogP contribution in [0.2, 0.25) is 0 Å². The van der Waals surface area contributed by atoms with Crippen LogP contribution in [0.3, 0.4) is 0 Å². The molecule has 2 unspecified atom stereocenters. The van der Waals surface area contributed by atoms with E-state index in [1.54, 1.807) is 0 Å². The number of primary amides is 1. The zero-order valence-electron chi connectivity index (χ0n) is 14.7. The number of nitrogens with two attached hydrogens (primary N) is 3. The number of carbonyl (C=O) groups is 1. The van der Waals surface area contributed by atoms with Crippen LogP contribution in [0.15, 0.2) is 30.5 Å². The number of amides is 1. The van der Waals surface area contributed by atoms with Crippen molar-refractivity contribution in [1.82, 2.24) is 9.97 Å². The topological polar surface area (TPSA) is 133 Å². The minimum absolute atomic E-state index is 0.0785. The first kappa shape index (κ1) is 18.8. The number of nitrogens with zero attached hydrogens (tertiary/aromatic N) is 2. The molecule has 0 aliphatic carbocycles. The quantitative estimate of drug-likeness (QED) is 0.581. The van der Waals surface area contributed by atoms with E-state index in [0.717, 1.165) is 24.1 Å². The molecule has 1 amide bonds. The Bertz CT molecular complexity index is 733. The van der Waals surface area contributed by atoms with E-state index in [9.17, 15) is 4.79 Å². The van der Waals surface area contributed by atoms with Gasteiger partial charge in [-0.15, -0.1) is 0 Å². The average molecular weight is 342 g/mol. The van der Waals surface area contributed by atoms with Gasteiger partial charge in [0.2, 0.25) is 5.95 Å². The number of rotatable bonds is 8. The SMILES string of the molecule is CCC(N)CCC(N)c1nc(Nc2cccc(C)c2)ncc1C(N)=O. The zero-order chi connectivity index (χ0) is 18.4. The van der Waals surface area contributed by atoms with Crippen LogP contribution < -0.4 is 22.5 Å². The molecule has 0 spiro atoms. The van der Waals surface area contributed by atoms with Gasteiger partial charge in [-0.25, -0.2) is 9.97 Å². The molecule has 1 aromatic carbocycles. The molecule has 0 aliphatic heterocycles. The van der Waals surface area contributed by atoms with Gasteiger partial charge in [-0.3, -0.25) is 4.79 Å². The van der Waals surface area contributed by atoms with Gasteiger partial charge >= 0.3 is 0 Å². The summed E-state index contributed by atoms with van der Waals surface area (Å²) in [6.45, 7) is 4.03. The summed E-state index contributed by atoms with van der Waals surface area (Å²) in [6.07, 6.45) is 3.67. The predicted molar refractivity (Wildman–Crippen MR) is 99.4 cm³/mol. The lowest BCUT2D eigenvalue weighted by atomic mass is 10.0. The third-order valence-corrected chi connectivity index (χ3v) is 4.08. The van der Waals surface area contributed by atoms with Crippen molar-refractivity contribution in [2.75, 3.05) is 5.32 Å². The van der Waals surface area contributed by atoms with Crippen LogP contribution in [-0.4, -0.2) is 21.9 Å². The highest BCUT2D eigenvalue weighted by atomic mass is 16.1. The van der Waals surface area contributed by atoms with Crippen LogP contribution in [0.4, 0.5) is 11.6 Å². The predicted octanol–water partition coefficient (Wildman–Crippen LogP) is 2.14. The largest absolute Gasteiger partial charge is 0.365 e. The standard InChI is InChI=1S/C18H26N6O/c1-3-12(19)7-8-15(20)16-14(17(21)25)10-22-18(24-16)23-13-6-4-5-11(2)9-13/h4-6,9-10,12,15H,3,7-8,19-20H2,1-2H3,(H2,21,25)(H,22,23,24). The van der Waals surface area contributed by atoms with Crippen molar-refractivity contribution in [2.45, 2.75) is 45.2 Å². The summed E-state index contributed by atoms with van der Waals surface area (Å²) < 4.78 is 0. The molecule has 0 bridgehead atoms. The van der Waals surface area contributed by atoms with Crippen LogP contribution in [0.1, 0.15) is 53.8 Å². The molecule has 0 saturated heterocycles. The molecule has 2 atom stereocenters. The maximum atomic E-state index is 11.7. The van der Waals surface area contributed by atoms with E-state index in [0.29, 0.717) is 18.1 Å². The number of nitrogens with one attached hydrogen (secondary N) is 1. The van der Waals surface area contributed by atoms with E-state index in [2.05, 4.69) is 15.3 Å². The molecule has 2 aromatic rings. The molecule has 1 aromatic heterocycles. The Morgan fingerprint density at radius 1 is 1.28 bits per heavy atom. The van der Waals surface area contributed by atoms with E-state index in [-0.39, 0.29) is 11.6 Å². The van der Waals surface area contributed by atoms with Crippen molar-refractivity contribution in [3.63, 3.8) is 0 Å². The smallest absolute Gasteiger partial charge is 0.252 e. The number of anilines is 2. The van der Waals surface area contributed by atoms with Crippen molar-refractivity contribution in [2.24, 2.45) is 17.2 Å². The molecule has 134 valence electrons. The average Bonchev–Trinajstić information content (AvgIpc) is 2.59. The Balaban J connectivity index is 2.24. The Labute approximate surface area is 148 Å². The first-order valence-electron chi connectivity index (χ1n) is 8.42. The third kappa shape index (κ3) is 5.23. The van der Waals surface area contributed by atoms with E-state index >= 15 is 0 Å². The second kappa shape index (κ2) is 8.55. The van der Waals surface area contributed by atoms with Crippen molar-refractivity contribution in [1.29, 1.82) is 0 Å². The van der Waals surface area contributed by atoms with E-state index < -0.39 is 11.9 Å². The van der Waals surface area contributed by atoms with Gasteiger partial charge in [-0.05, 0) is 43.9 Å². The van der Waals surface area contributed by atoms with Gasteiger partial charge in [0.15, 0.2) is 0 Å². The van der Waals surface area contributed by atoms with Gasteiger partial charge in [-0.1, -0.05) is 19.1 Å². The maximum Gasteiger partial charge on any atom is 0.252 e. The van der Waals surface area contributed by atoms with E-state index in [4.69, 9.17) is 17.2 Å². The zero-order valence-corrected chi connectivity index (χ0v) is 14.7. The first-order chi connectivity index (χ1) is 11.9. The van der Waals surface area contributed by atoms with Crippen molar-refractivity contribution in [3.05, 3.63) is 47.3 Å². The lowest BCUT2D eigenvalue weighted by Crippen LogP contribution is -2.25. The number of aromatic nitrogens is 2. The highest BCUT2D eigenvalue weighted by Crippen LogP contribution is 2.22. The lowest BCUT2D eigenvalue weighted by Gasteiger charge is -2.17. The molecular formula is C18H26N6O. The van der Waals surface area contributed by atoms with Gasteiger partial charge in [-0.2, -0.15) is 0 Å². The summed E-state index contributed by atoms with van der Waals surface area (Å²) >= 11 is 0. The molecule has 2 rings (SSSR count). The van der Waals surface area contributed by atoms with Crippen molar-refractivity contribution in [3.8, 4) is 0 Å². The van der Waals surface area contributed by atoms with Crippen LogP contribution in [-0.2, 0) is 0 Å². The Hall–Kier alpha value is -2.51. The molecule has 1 heterocycles. The number of hydrogen-bond acceptors (Lipinski definition) is 6. The molecule has 0 radical (unpaired) electrons. The Morgan fingerprint density at radius 2 is 2.04 bits per heavy atom. The number of hydrogen-bond donors (Lipinski definition) is 4. The summed E-state index contributed by atoms with van der Waals surface area (Å²) in [5.41, 5.74) is 20.3. The fraction of sp³-hybridized carbons (Fsp3) is 0.389. The summed E-state index contributed by atoms with van der Waals surface area (Å²) in [7, 11) is 0. The van der Waals surface area contributed by atoms with Gasteiger partial charge in [0, 0.05) is 24.0 Å². The lowest BCUT2D eigenvalue weighted by molar-refractivity contribution is 0.0998. The molecule has 7 heteroatoms. The highest BCUT2D eigenvalue weighted by molar-refractivity contribution is 5.93. The van der Waals surface area contributed by atoms with Gasteiger partial charge < -0.3 is 22.5 Å². The normalized spacial score (nSPS) is 13.3. The molecule has 0 saturated carbocycles. The Kier molecular flexibility index (Phi) is 6.44. The van der Waals surface area contributed by atoms with Gasteiger partial charge in [0.1, 0.15) is 0 Å². The summed E-state index contributed by atoms with van der Waals surface area (Å²) in [6, 6.07) is 7.48. The number of aryl methyl sites for hydroxylation is 1. The Morgan fingerprint density at radius 3 is 2.68 bits per heavy atom. The van der Waals surface area contributed by atoms with Gasteiger partial charge in [0.25, 0.3) is 5.91 Å². The summed E-state index contributed by atoms with van der Waals surface area (Å²) in [5.74, 6) is -0.215. The number of benzene rings is 1. The fourth-order valence-electron chi connectivity index (χ4n) is 2.51. The fourth-order valence-corrected chi connectivity index (χ4v) is 2.51. The minimum Gasteiger partial charge on any atom is -0.365 e. The van der Waals surface area contributed by atoms with Crippen molar-refractivity contribution >= 4 is 17.5 Å². The highest BCUT2D eigenvalue weighted by Gasteiger charge is 2.19. The first-order valence-corrected chi connectivity index (χ1v) is 8.42. The third-order valence-electron chi connectivity index (χ3n) is 4.08. The van der Waals surface area contributed by atoms with E-state index in [1.165, 1.54) is 6.20 Å². The minimum atomic E-state index is -0.590. The van der Waals surface area contributed by atoms with Gasteiger partial charge in [0.05, 0.1) is 11.3 Å². The van der Waals surface area contributed by atoms with Crippen LogP contribution >= 0.6 is 0 Å². The molecule has 0 aliphatic rings. The monoisotopic (exact) mass is 342 g/mol. The van der Waals surface area contributed by atoms with Crippen LogP contribution in [0, 0.1) is 6.92 Å².